The molecular weight excluding hydrogens is 875 g/mol. The van der Waals surface area contributed by atoms with E-state index in [0.717, 1.165) is 22.1 Å². The van der Waals surface area contributed by atoms with Crippen molar-refractivity contribution in [2.75, 3.05) is 20.2 Å². The van der Waals surface area contributed by atoms with Crippen molar-refractivity contribution in [3.05, 3.63) is 93.6 Å². The molecule has 5 N–H and O–H groups in total. The Kier molecular flexibility index (Phi) is 19.7. The first-order valence-electron chi connectivity index (χ1n) is 23.5. The highest BCUT2D eigenvalue weighted by atomic mass is 28.3. The fourth-order valence-electron chi connectivity index (χ4n) is 8.36. The lowest BCUT2D eigenvalue weighted by atomic mass is 9.91. The highest BCUT2D eigenvalue weighted by Crippen LogP contribution is 2.37. The molecule has 67 heavy (non-hydrogen) atoms. The number of esters is 1. The summed E-state index contributed by atoms with van der Waals surface area (Å²) in [5, 5.41) is 20.4. The summed E-state index contributed by atoms with van der Waals surface area (Å²) < 4.78 is 11.2. The van der Waals surface area contributed by atoms with Crippen LogP contribution < -0.4 is 21.7 Å². The molecule has 17 nitrogen and oxygen atoms in total. The molecule has 2 aromatic carbocycles. The van der Waals surface area contributed by atoms with E-state index in [9.17, 15) is 38.9 Å². The standard InChI is InChI=1S/C49H73N7O10Si/c1-11-16-35-25-40(55(28-35)47(60)43(33(6)50)54(7)49(62)66-29-34-21-19-30(3)20-22-34)45(58)51-38(26-37-27-39(37)56(63)64)44(57)53-42(32(5)36-17-14-13-15-18-36)46(59)52-41(31(4)12-2)48(61)65-23-24-67(8,9)10/h11,13-22,31-33,35,37-43H,12,23-29,50H2,1-10H3,(H,51,58)(H,52,59)(H,53,57)/b16-11-/t31-,32?,33+,35-,37+,38-,39+,40-,41-,42-,43+/m0/s1. The Labute approximate surface area is 396 Å². The molecule has 0 bridgehead atoms. The molecule has 2 aliphatic rings. The van der Waals surface area contributed by atoms with Crippen molar-refractivity contribution in [1.29, 1.82) is 0 Å². The topological polar surface area (TPSA) is 233 Å². The van der Waals surface area contributed by atoms with E-state index in [1.165, 1.54) is 11.9 Å². The minimum atomic E-state index is -1.54. The van der Waals surface area contributed by atoms with Crippen molar-refractivity contribution < 1.29 is 43.2 Å². The zero-order chi connectivity index (χ0) is 49.7. The van der Waals surface area contributed by atoms with Crippen molar-refractivity contribution in [2.24, 2.45) is 23.5 Å². The van der Waals surface area contributed by atoms with Crippen LogP contribution in [0.5, 0.6) is 0 Å². The number of hydrogen-bond acceptors (Lipinski definition) is 11. The predicted molar refractivity (Wildman–Crippen MR) is 258 cm³/mol. The summed E-state index contributed by atoms with van der Waals surface area (Å²) in [6.07, 6.45) is 3.67. The molecule has 368 valence electrons. The van der Waals surface area contributed by atoms with Gasteiger partial charge in [-0.05, 0) is 62.6 Å². The molecule has 11 atom stereocenters. The number of benzene rings is 2. The minimum Gasteiger partial charge on any atom is -0.464 e. The molecule has 0 radical (unpaired) electrons. The number of ether oxygens (including phenoxy) is 2. The molecule has 1 aliphatic heterocycles. The van der Waals surface area contributed by atoms with Crippen LogP contribution in [0.25, 0.3) is 0 Å². The van der Waals surface area contributed by atoms with E-state index in [1.54, 1.807) is 26.0 Å². The van der Waals surface area contributed by atoms with Gasteiger partial charge in [0.05, 0.1) is 6.61 Å². The first-order valence-corrected chi connectivity index (χ1v) is 27.2. The second-order valence-corrected chi connectivity index (χ2v) is 25.3. The minimum absolute atomic E-state index is 0.0420. The molecule has 18 heteroatoms. The molecule has 1 heterocycles. The molecule has 5 amide bonds. The Hall–Kier alpha value is -5.62. The van der Waals surface area contributed by atoms with Gasteiger partial charge in [0.1, 0.15) is 36.8 Å². The van der Waals surface area contributed by atoms with Gasteiger partial charge in [0, 0.05) is 50.9 Å². The van der Waals surface area contributed by atoms with Gasteiger partial charge in [-0.2, -0.15) is 0 Å². The summed E-state index contributed by atoms with van der Waals surface area (Å²) in [6, 6.07) is 9.40. The monoisotopic (exact) mass is 948 g/mol. The van der Waals surface area contributed by atoms with Crippen LogP contribution in [0.15, 0.2) is 66.7 Å². The lowest BCUT2D eigenvalue weighted by Crippen LogP contribution is -2.61. The maximum Gasteiger partial charge on any atom is 0.410 e. The van der Waals surface area contributed by atoms with E-state index in [1.807, 2.05) is 82.3 Å². The van der Waals surface area contributed by atoms with Crippen molar-refractivity contribution in [2.45, 2.75) is 148 Å². The second kappa shape index (κ2) is 24.4. The summed E-state index contributed by atoms with van der Waals surface area (Å²) >= 11 is 0. The Balaban J connectivity index is 1.62. The summed E-state index contributed by atoms with van der Waals surface area (Å²) in [5.74, 6) is -5.07. The number of allylic oxidation sites excluding steroid dienone is 1. The van der Waals surface area contributed by atoms with Crippen LogP contribution in [-0.4, -0.2) is 121 Å². The van der Waals surface area contributed by atoms with Gasteiger partial charge < -0.3 is 36.1 Å². The average Bonchev–Trinajstić information content (AvgIpc) is 3.93. The van der Waals surface area contributed by atoms with Gasteiger partial charge in [0.2, 0.25) is 29.7 Å². The number of nitrogens with two attached hydrogens (primary N) is 1. The molecule has 1 saturated heterocycles. The van der Waals surface area contributed by atoms with Crippen molar-refractivity contribution >= 4 is 43.8 Å². The van der Waals surface area contributed by atoms with E-state index in [2.05, 4.69) is 35.6 Å². The molecule has 1 saturated carbocycles. The maximum absolute atomic E-state index is 14.6. The second-order valence-electron chi connectivity index (χ2n) is 19.7. The summed E-state index contributed by atoms with van der Waals surface area (Å²) in [7, 11) is -0.132. The molecule has 2 fully saturated rings. The highest BCUT2D eigenvalue weighted by molar-refractivity contribution is 6.76. The fraction of sp³-hybridized carbons (Fsp3) is 0.592. The number of carbonyl (C=O) groups excluding carboxylic acids is 6. The smallest absolute Gasteiger partial charge is 0.410 e. The van der Waals surface area contributed by atoms with Gasteiger partial charge in [-0.25, -0.2) is 9.59 Å². The van der Waals surface area contributed by atoms with Gasteiger partial charge in [-0.1, -0.05) is 119 Å². The van der Waals surface area contributed by atoms with Crippen molar-refractivity contribution in [1.82, 2.24) is 25.8 Å². The fourth-order valence-corrected chi connectivity index (χ4v) is 9.07. The van der Waals surface area contributed by atoms with E-state index >= 15 is 0 Å². The van der Waals surface area contributed by atoms with Crippen molar-refractivity contribution in [3.8, 4) is 0 Å². The van der Waals surface area contributed by atoms with E-state index in [4.69, 9.17) is 15.2 Å². The normalized spacial score (nSPS) is 21.1. The number of carbonyl (C=O) groups is 6. The summed E-state index contributed by atoms with van der Waals surface area (Å²) in [5.41, 5.74) is 8.87. The largest absolute Gasteiger partial charge is 0.464 e. The third-order valence-corrected chi connectivity index (χ3v) is 14.6. The number of nitrogens with one attached hydrogen (secondary N) is 3. The Bertz CT molecular complexity index is 2060. The van der Waals surface area contributed by atoms with E-state index < -0.39 is 103 Å². The third-order valence-electron chi connectivity index (χ3n) is 12.9. The number of nitro groups is 1. The molecule has 1 unspecified atom stereocenters. The van der Waals surface area contributed by atoms with Gasteiger partial charge in [0.15, 0.2) is 0 Å². The number of amides is 5. The van der Waals surface area contributed by atoms with E-state index in [0.29, 0.717) is 12.0 Å². The number of likely N-dealkylation sites (N-methyl/N-ethyl adjacent to an activating group) is 1. The quantitative estimate of drug-likeness (QED) is 0.0367. The zero-order valence-electron chi connectivity index (χ0n) is 40.9. The van der Waals surface area contributed by atoms with Crippen molar-refractivity contribution in [3.63, 3.8) is 0 Å². The van der Waals surface area contributed by atoms with Gasteiger partial charge >= 0.3 is 12.1 Å². The van der Waals surface area contributed by atoms with Gasteiger partial charge in [0.25, 0.3) is 0 Å². The molecule has 2 aromatic rings. The Morgan fingerprint density at radius 2 is 1.58 bits per heavy atom. The molecule has 1 aliphatic carbocycles. The number of nitrogens with zero attached hydrogens (tertiary/aromatic N) is 3. The average molecular weight is 948 g/mol. The SMILES string of the molecule is C/C=C\[C@H]1C[C@@H](C(=O)N[C@@H](C[C@@H]2C[C@H]2[N+](=O)[O-])C(=O)N[C@H](C(=O)N[C@H](C(=O)OCC[Si](C)(C)C)[C@@H](C)CC)C(C)c2ccccc2)N(C(=O)[C@@H]([C@@H](C)N)N(C)C(=O)OCc2ccc(C)cc2)C1. The molecule has 4 rings (SSSR count). The van der Waals surface area contributed by atoms with Crippen LogP contribution in [-0.2, 0) is 40.1 Å². The predicted octanol–water partition coefficient (Wildman–Crippen LogP) is 5.31. The van der Waals surface area contributed by atoms with Crippen LogP contribution in [0.2, 0.25) is 25.7 Å². The van der Waals surface area contributed by atoms with Crippen LogP contribution in [0.1, 0.15) is 82.9 Å². The Morgan fingerprint density at radius 1 is 0.940 bits per heavy atom. The molecule has 0 spiro atoms. The van der Waals surface area contributed by atoms with Crippen LogP contribution in [0, 0.1) is 34.8 Å². The Morgan fingerprint density at radius 3 is 2.15 bits per heavy atom. The number of rotatable bonds is 23. The molecular formula is C49H73N7O10Si. The zero-order valence-corrected chi connectivity index (χ0v) is 41.9. The third kappa shape index (κ3) is 15.5. The number of likely N-dealkylation sites (tertiary alicyclic amines) is 1. The lowest BCUT2D eigenvalue weighted by molar-refractivity contribution is -0.498. The van der Waals surface area contributed by atoms with Gasteiger partial charge in [-0.15, -0.1) is 0 Å². The number of aryl methyl sites for hydroxylation is 1. The summed E-state index contributed by atoms with van der Waals surface area (Å²) in [4.78, 5) is 98.9. The highest BCUT2D eigenvalue weighted by Gasteiger charge is 2.51. The number of hydrogen-bond donors (Lipinski definition) is 4. The lowest BCUT2D eigenvalue weighted by Gasteiger charge is -2.35. The van der Waals surface area contributed by atoms with Gasteiger partial charge in [-0.3, -0.25) is 34.2 Å². The first kappa shape index (κ1) is 54.0. The van der Waals surface area contributed by atoms with E-state index in [-0.39, 0.29) is 50.9 Å². The maximum atomic E-state index is 14.6. The first-order chi connectivity index (χ1) is 31.6. The van der Waals surface area contributed by atoms with Crippen LogP contribution >= 0.6 is 0 Å². The van der Waals surface area contributed by atoms with Crippen LogP contribution in [0.4, 0.5) is 4.79 Å². The molecule has 0 aromatic heterocycles. The summed E-state index contributed by atoms with van der Waals surface area (Å²) in [6.45, 7) is 17.6. The van der Waals surface area contributed by atoms with Crippen LogP contribution in [0.3, 0.4) is 0 Å².